The van der Waals surface area contributed by atoms with Crippen molar-refractivity contribution in [2.45, 2.75) is 51.1 Å². The number of carboxylic acids is 1. The Morgan fingerprint density at radius 1 is 1.12 bits per heavy atom. The van der Waals surface area contributed by atoms with Crippen LogP contribution in [0, 0.1) is 6.92 Å². The molecule has 4 aromatic rings. The molecule has 1 amide bonds. The van der Waals surface area contributed by atoms with Crippen LogP contribution in [0.15, 0.2) is 57.7 Å². The normalized spacial score (nSPS) is 15.9. The van der Waals surface area contributed by atoms with Gasteiger partial charge in [0.1, 0.15) is 28.7 Å². The maximum Gasteiger partial charge on any atom is 0.490 e. The maximum absolute atomic E-state index is 13.0. The third-order valence-corrected chi connectivity index (χ3v) is 6.92. The first kappa shape index (κ1) is 28.9. The second kappa shape index (κ2) is 11.7. The first-order chi connectivity index (χ1) is 20.0. The van der Waals surface area contributed by atoms with E-state index in [1.54, 1.807) is 12.3 Å². The van der Waals surface area contributed by atoms with E-state index in [-0.39, 0.29) is 18.3 Å². The van der Waals surface area contributed by atoms with Gasteiger partial charge in [0, 0.05) is 45.0 Å². The summed E-state index contributed by atoms with van der Waals surface area (Å²) in [4.78, 5) is 24.3. The van der Waals surface area contributed by atoms with E-state index in [1.165, 1.54) is 0 Å². The second-order valence-corrected chi connectivity index (χ2v) is 9.97. The van der Waals surface area contributed by atoms with Crippen LogP contribution in [0.5, 0.6) is 5.75 Å². The molecular formula is C27H27F3N6O6. The number of amides is 1. The Bertz CT molecular complexity index is 1540. The molecule has 1 spiro atoms. The number of para-hydroxylation sites is 2. The van der Waals surface area contributed by atoms with Crippen LogP contribution < -0.4 is 10.1 Å². The third kappa shape index (κ3) is 6.46. The molecule has 15 heteroatoms. The van der Waals surface area contributed by atoms with Gasteiger partial charge >= 0.3 is 12.1 Å². The average molecular weight is 589 g/mol. The predicted molar refractivity (Wildman–Crippen MR) is 138 cm³/mol. The van der Waals surface area contributed by atoms with Gasteiger partial charge in [-0.05, 0) is 31.2 Å². The van der Waals surface area contributed by atoms with Crippen molar-refractivity contribution in [3.63, 3.8) is 0 Å². The van der Waals surface area contributed by atoms with E-state index < -0.39 is 17.7 Å². The zero-order valence-corrected chi connectivity index (χ0v) is 22.4. The van der Waals surface area contributed by atoms with Crippen molar-refractivity contribution in [1.29, 1.82) is 0 Å². The molecule has 0 saturated carbocycles. The minimum atomic E-state index is -5.08. The number of aliphatic carboxylic acids is 1. The number of fused-ring (bicyclic) bond motifs is 3. The van der Waals surface area contributed by atoms with Crippen LogP contribution in [0.4, 0.5) is 13.2 Å². The van der Waals surface area contributed by atoms with Crippen molar-refractivity contribution >= 4 is 11.9 Å². The molecular weight excluding hydrogens is 561 g/mol. The van der Waals surface area contributed by atoms with E-state index in [1.807, 2.05) is 47.9 Å². The Kier molecular flexibility index (Phi) is 8.02. The molecule has 3 aromatic heterocycles. The van der Waals surface area contributed by atoms with E-state index in [9.17, 15) is 18.0 Å². The van der Waals surface area contributed by atoms with Gasteiger partial charge in [0.05, 0.1) is 24.2 Å². The number of carboxylic acid groups (broad SMARTS) is 1. The van der Waals surface area contributed by atoms with Crippen LogP contribution in [0.25, 0.3) is 5.69 Å². The molecule has 0 bridgehead atoms. The van der Waals surface area contributed by atoms with Gasteiger partial charge < -0.3 is 24.1 Å². The lowest BCUT2D eigenvalue weighted by Gasteiger charge is -2.40. The zero-order chi connectivity index (χ0) is 29.9. The van der Waals surface area contributed by atoms with E-state index in [2.05, 4.69) is 25.6 Å². The van der Waals surface area contributed by atoms with Crippen molar-refractivity contribution in [3.05, 3.63) is 77.6 Å². The van der Waals surface area contributed by atoms with Crippen LogP contribution in [-0.2, 0) is 24.3 Å². The van der Waals surface area contributed by atoms with Crippen LogP contribution in [0.3, 0.4) is 0 Å². The first-order valence-corrected chi connectivity index (χ1v) is 13.0. The largest absolute Gasteiger partial charge is 0.490 e. The SMILES string of the molecule is Cc1cc(CN2CCC3(CC2)Cc2nnc(C(=O)NCc4ccco4)n2-c2ccccc2O3)no1.O=C(O)C(F)(F)F. The number of nitrogens with zero attached hydrogens (tertiary/aromatic N) is 5. The van der Waals surface area contributed by atoms with Crippen molar-refractivity contribution in [2.24, 2.45) is 0 Å². The number of piperidine rings is 1. The van der Waals surface area contributed by atoms with Gasteiger partial charge in [-0.1, -0.05) is 17.3 Å². The molecule has 5 heterocycles. The number of aryl methyl sites for hydroxylation is 1. The molecule has 2 aliphatic rings. The summed E-state index contributed by atoms with van der Waals surface area (Å²) >= 11 is 0. The number of nitrogens with one attached hydrogen (secondary N) is 1. The fourth-order valence-electron chi connectivity index (χ4n) is 4.90. The number of likely N-dealkylation sites (tertiary alicyclic amines) is 1. The summed E-state index contributed by atoms with van der Waals surface area (Å²) in [6.45, 7) is 4.65. The number of hydrogen-bond acceptors (Lipinski definition) is 9. The number of rotatable bonds is 5. The van der Waals surface area contributed by atoms with Crippen molar-refractivity contribution < 1.29 is 41.5 Å². The van der Waals surface area contributed by atoms with Gasteiger partial charge in [0.2, 0.25) is 5.82 Å². The first-order valence-electron chi connectivity index (χ1n) is 13.0. The van der Waals surface area contributed by atoms with Crippen LogP contribution in [0.1, 0.15) is 46.5 Å². The van der Waals surface area contributed by atoms with Gasteiger partial charge in [-0.3, -0.25) is 14.3 Å². The number of benzene rings is 1. The summed E-state index contributed by atoms with van der Waals surface area (Å²) < 4.78 is 50.8. The number of aromatic nitrogens is 4. The molecule has 6 rings (SSSR count). The Labute approximate surface area is 237 Å². The molecule has 0 atom stereocenters. The molecule has 12 nitrogen and oxygen atoms in total. The number of hydrogen-bond donors (Lipinski definition) is 2. The van der Waals surface area contributed by atoms with E-state index in [0.29, 0.717) is 12.2 Å². The molecule has 0 unspecified atom stereocenters. The summed E-state index contributed by atoms with van der Waals surface area (Å²) in [5.41, 5.74) is 1.29. The molecule has 1 aromatic carbocycles. The number of alkyl halides is 3. The molecule has 1 saturated heterocycles. The number of furan rings is 1. The summed E-state index contributed by atoms with van der Waals surface area (Å²) in [7, 11) is 0. The maximum atomic E-state index is 13.0. The van der Waals surface area contributed by atoms with Crippen LogP contribution >= 0.6 is 0 Å². The Morgan fingerprint density at radius 3 is 2.50 bits per heavy atom. The number of ether oxygens (including phenoxy) is 1. The summed E-state index contributed by atoms with van der Waals surface area (Å²) in [6, 6.07) is 13.3. The van der Waals surface area contributed by atoms with Crippen molar-refractivity contribution in [2.75, 3.05) is 13.1 Å². The van der Waals surface area contributed by atoms with E-state index >= 15 is 0 Å². The van der Waals surface area contributed by atoms with Crippen LogP contribution in [-0.4, -0.2) is 66.7 Å². The summed E-state index contributed by atoms with van der Waals surface area (Å²) in [6.07, 6.45) is -1.29. The zero-order valence-electron chi connectivity index (χ0n) is 22.4. The fourth-order valence-corrected chi connectivity index (χ4v) is 4.90. The average Bonchev–Trinajstić information content (AvgIpc) is 3.69. The molecule has 42 heavy (non-hydrogen) atoms. The Morgan fingerprint density at radius 2 is 1.86 bits per heavy atom. The van der Waals surface area contributed by atoms with Crippen LogP contribution in [0.2, 0.25) is 0 Å². The molecule has 2 aliphatic heterocycles. The van der Waals surface area contributed by atoms with Gasteiger partial charge in [-0.25, -0.2) is 4.79 Å². The number of halogens is 3. The lowest BCUT2D eigenvalue weighted by Crippen LogP contribution is -2.49. The number of carbonyl (C=O) groups is 2. The highest BCUT2D eigenvalue weighted by atomic mass is 19.4. The molecule has 222 valence electrons. The Balaban J connectivity index is 0.000000451. The van der Waals surface area contributed by atoms with Crippen molar-refractivity contribution in [3.8, 4) is 11.4 Å². The summed E-state index contributed by atoms with van der Waals surface area (Å²) in [5.74, 6) is 0.102. The van der Waals surface area contributed by atoms with E-state index in [4.69, 9.17) is 23.6 Å². The highest BCUT2D eigenvalue weighted by Crippen LogP contribution is 2.39. The minimum absolute atomic E-state index is 0.235. The fraction of sp³-hybridized carbons (Fsp3) is 0.370. The van der Waals surface area contributed by atoms with Crippen molar-refractivity contribution in [1.82, 2.24) is 30.1 Å². The third-order valence-electron chi connectivity index (χ3n) is 6.92. The highest BCUT2D eigenvalue weighted by molar-refractivity contribution is 5.91. The lowest BCUT2D eigenvalue weighted by atomic mass is 9.87. The second-order valence-electron chi connectivity index (χ2n) is 9.97. The van der Waals surface area contributed by atoms with Gasteiger partial charge in [0.15, 0.2) is 0 Å². The predicted octanol–water partition coefficient (Wildman–Crippen LogP) is 3.69. The van der Waals surface area contributed by atoms with Gasteiger partial charge in [0.25, 0.3) is 5.91 Å². The standard InChI is InChI=1S/C25H26N6O4.C2HF3O2/c1-17-13-18(29-35-17)16-30-10-8-25(9-11-30)14-22-27-28-23(24(32)26-15-19-5-4-12-33-19)31(22)20-6-2-3-7-21(20)34-25;3-2(4,5)1(6)7/h2-7,12-13H,8-11,14-16H2,1H3,(H,26,32);(H,6,7). The Hall–Kier alpha value is -4.66. The molecule has 0 radical (unpaired) electrons. The van der Waals surface area contributed by atoms with E-state index in [0.717, 1.165) is 61.2 Å². The molecule has 2 N–H and O–H groups in total. The summed E-state index contributed by atoms with van der Waals surface area (Å²) in [5, 5.41) is 22.8. The minimum Gasteiger partial charge on any atom is -0.485 e. The lowest BCUT2D eigenvalue weighted by molar-refractivity contribution is -0.192. The quantitative estimate of drug-likeness (QED) is 0.354. The van der Waals surface area contributed by atoms with Gasteiger partial charge in [-0.15, -0.1) is 10.2 Å². The topological polar surface area (TPSA) is 149 Å². The molecule has 1 fully saturated rings. The number of carbonyl (C=O) groups excluding carboxylic acids is 1. The van der Waals surface area contributed by atoms with Gasteiger partial charge in [-0.2, -0.15) is 13.2 Å². The smallest absolute Gasteiger partial charge is 0.485 e. The highest BCUT2D eigenvalue weighted by Gasteiger charge is 2.42. The monoisotopic (exact) mass is 588 g/mol. The molecule has 0 aliphatic carbocycles.